The van der Waals surface area contributed by atoms with Gasteiger partial charge in [-0.05, 0) is 41.6 Å². The second-order valence-electron chi connectivity index (χ2n) is 3.14. The zero-order valence-electron chi connectivity index (χ0n) is 8.81. The summed E-state index contributed by atoms with van der Waals surface area (Å²) in [6, 6.07) is 5.70. The topological polar surface area (TPSA) is 50.7 Å². The first kappa shape index (κ1) is 11.3. The number of nitrogens with one attached hydrogen (secondary N) is 1. The van der Waals surface area contributed by atoms with Gasteiger partial charge in [-0.2, -0.15) is 0 Å². The second-order valence-corrected chi connectivity index (χ2v) is 4.30. The fourth-order valence-corrected chi connectivity index (χ4v) is 1.73. The largest absolute Gasteiger partial charge is 0.369 e. The van der Waals surface area contributed by atoms with Crippen LogP contribution in [0.3, 0.4) is 0 Å². The molecule has 0 saturated carbocycles. The molecule has 2 rings (SSSR count). The van der Waals surface area contributed by atoms with E-state index in [1.54, 1.807) is 12.4 Å². The van der Waals surface area contributed by atoms with Crippen molar-refractivity contribution in [1.29, 1.82) is 0 Å². The van der Waals surface area contributed by atoms with Gasteiger partial charge in [0, 0.05) is 18.9 Å². The van der Waals surface area contributed by atoms with E-state index < -0.39 is 0 Å². The molecule has 4 nitrogen and oxygen atoms in total. The van der Waals surface area contributed by atoms with Crippen LogP contribution >= 0.6 is 22.6 Å². The highest BCUT2D eigenvalue weighted by molar-refractivity contribution is 14.1. The Hall–Kier alpha value is -1.24. The Balaban J connectivity index is 2.40. The minimum Gasteiger partial charge on any atom is -0.369 e. The lowest BCUT2D eigenvalue weighted by molar-refractivity contribution is 1.09. The molecular weight excluding hydrogens is 315 g/mol. The third-order valence-electron chi connectivity index (χ3n) is 1.98. The van der Waals surface area contributed by atoms with Gasteiger partial charge in [-0.25, -0.2) is 9.97 Å². The Morgan fingerprint density at radius 1 is 1.31 bits per heavy atom. The Bertz CT molecular complexity index is 473. The molecule has 16 heavy (non-hydrogen) atoms. The predicted molar refractivity (Wildman–Crippen MR) is 72.1 cm³/mol. The third kappa shape index (κ3) is 2.46. The summed E-state index contributed by atoms with van der Waals surface area (Å²) in [4.78, 5) is 12.9. The van der Waals surface area contributed by atoms with E-state index in [1.807, 2.05) is 25.1 Å². The summed E-state index contributed by atoms with van der Waals surface area (Å²) in [6.45, 7) is 2.88. The highest BCUT2D eigenvalue weighted by Gasteiger charge is 2.06. The van der Waals surface area contributed by atoms with Gasteiger partial charge < -0.3 is 5.32 Å². The average molecular weight is 326 g/mol. The van der Waals surface area contributed by atoms with Crippen LogP contribution in [-0.4, -0.2) is 21.5 Å². The maximum Gasteiger partial charge on any atom is 0.180 e. The van der Waals surface area contributed by atoms with Crippen LogP contribution in [0.2, 0.25) is 0 Å². The highest BCUT2D eigenvalue weighted by atomic mass is 127. The first-order valence-electron chi connectivity index (χ1n) is 4.99. The first-order chi connectivity index (χ1) is 7.81. The molecule has 0 amide bonds. The number of halogens is 1. The van der Waals surface area contributed by atoms with E-state index in [0.29, 0.717) is 5.82 Å². The van der Waals surface area contributed by atoms with Gasteiger partial charge in [-0.15, -0.1) is 0 Å². The fourth-order valence-electron chi connectivity index (χ4n) is 1.28. The number of rotatable bonds is 3. The summed E-state index contributed by atoms with van der Waals surface area (Å²) in [5, 5.41) is 3.20. The molecule has 5 heteroatoms. The molecule has 0 bridgehead atoms. The normalized spacial score (nSPS) is 10.1. The van der Waals surface area contributed by atoms with Crippen molar-refractivity contribution in [2.45, 2.75) is 6.92 Å². The predicted octanol–water partition coefficient (Wildman–Crippen LogP) is 2.58. The summed E-state index contributed by atoms with van der Waals surface area (Å²) in [6.07, 6.45) is 3.54. The SMILES string of the molecule is CCNc1nc(-c2ccccn2)ncc1I. The van der Waals surface area contributed by atoms with Gasteiger partial charge in [0.15, 0.2) is 5.82 Å². The van der Waals surface area contributed by atoms with Crippen molar-refractivity contribution < 1.29 is 0 Å². The van der Waals surface area contributed by atoms with Crippen molar-refractivity contribution in [2.24, 2.45) is 0 Å². The van der Waals surface area contributed by atoms with Gasteiger partial charge in [-0.3, -0.25) is 4.98 Å². The van der Waals surface area contributed by atoms with E-state index in [2.05, 4.69) is 42.9 Å². The van der Waals surface area contributed by atoms with Gasteiger partial charge in [0.1, 0.15) is 11.5 Å². The second kappa shape index (κ2) is 5.20. The molecule has 82 valence electrons. The summed E-state index contributed by atoms with van der Waals surface area (Å²) in [7, 11) is 0. The maximum absolute atomic E-state index is 4.44. The van der Waals surface area contributed by atoms with Crippen molar-refractivity contribution in [3.05, 3.63) is 34.2 Å². The average Bonchev–Trinajstić information content (AvgIpc) is 2.33. The molecule has 0 aliphatic heterocycles. The summed E-state index contributed by atoms with van der Waals surface area (Å²) in [5.41, 5.74) is 0.790. The summed E-state index contributed by atoms with van der Waals surface area (Å²) < 4.78 is 1.01. The van der Waals surface area contributed by atoms with Crippen molar-refractivity contribution in [3.8, 4) is 11.5 Å². The summed E-state index contributed by atoms with van der Waals surface area (Å²) >= 11 is 2.21. The molecule has 0 atom stereocenters. The first-order valence-corrected chi connectivity index (χ1v) is 6.07. The molecule has 0 aliphatic carbocycles. The number of hydrogen-bond donors (Lipinski definition) is 1. The quantitative estimate of drug-likeness (QED) is 0.881. The van der Waals surface area contributed by atoms with Crippen molar-refractivity contribution in [1.82, 2.24) is 15.0 Å². The van der Waals surface area contributed by atoms with E-state index in [-0.39, 0.29) is 0 Å². The lowest BCUT2D eigenvalue weighted by Crippen LogP contribution is -2.04. The molecule has 0 unspecified atom stereocenters. The Morgan fingerprint density at radius 3 is 2.88 bits per heavy atom. The van der Waals surface area contributed by atoms with Gasteiger partial charge in [0.05, 0.1) is 3.57 Å². The number of hydrogen-bond acceptors (Lipinski definition) is 4. The molecule has 0 radical (unpaired) electrons. The molecule has 0 fully saturated rings. The van der Waals surface area contributed by atoms with Crippen LogP contribution in [0, 0.1) is 3.57 Å². The third-order valence-corrected chi connectivity index (χ3v) is 2.77. The van der Waals surface area contributed by atoms with Crippen LogP contribution in [0.25, 0.3) is 11.5 Å². The lowest BCUT2D eigenvalue weighted by Gasteiger charge is -2.06. The van der Waals surface area contributed by atoms with Crippen LogP contribution < -0.4 is 5.32 Å². The standard InChI is InChI=1S/C11H11IN4/c1-2-13-10-8(12)7-15-11(16-10)9-5-3-4-6-14-9/h3-7H,2H2,1H3,(H,13,15,16). The van der Waals surface area contributed by atoms with Crippen LogP contribution in [0.15, 0.2) is 30.6 Å². The number of pyridine rings is 1. The van der Waals surface area contributed by atoms with Crippen LogP contribution in [0.5, 0.6) is 0 Å². The summed E-state index contributed by atoms with van der Waals surface area (Å²) in [5.74, 6) is 1.51. The Kier molecular flexibility index (Phi) is 3.66. The van der Waals surface area contributed by atoms with E-state index >= 15 is 0 Å². The van der Waals surface area contributed by atoms with Crippen LogP contribution in [0.4, 0.5) is 5.82 Å². The van der Waals surface area contributed by atoms with Gasteiger partial charge in [0.25, 0.3) is 0 Å². The monoisotopic (exact) mass is 326 g/mol. The fraction of sp³-hybridized carbons (Fsp3) is 0.182. The van der Waals surface area contributed by atoms with E-state index in [9.17, 15) is 0 Å². The van der Waals surface area contributed by atoms with Crippen LogP contribution in [-0.2, 0) is 0 Å². The molecule has 2 heterocycles. The molecule has 0 saturated heterocycles. The van der Waals surface area contributed by atoms with Crippen LogP contribution in [0.1, 0.15) is 6.92 Å². The molecule has 0 aliphatic rings. The smallest absolute Gasteiger partial charge is 0.180 e. The zero-order chi connectivity index (χ0) is 11.4. The number of aromatic nitrogens is 3. The number of anilines is 1. The van der Waals surface area contributed by atoms with Gasteiger partial charge in [-0.1, -0.05) is 6.07 Å². The van der Waals surface area contributed by atoms with Gasteiger partial charge >= 0.3 is 0 Å². The Morgan fingerprint density at radius 2 is 2.19 bits per heavy atom. The molecule has 2 aromatic rings. The molecule has 0 spiro atoms. The van der Waals surface area contributed by atoms with Gasteiger partial charge in [0.2, 0.25) is 0 Å². The van der Waals surface area contributed by atoms with E-state index in [4.69, 9.17) is 0 Å². The van der Waals surface area contributed by atoms with Crippen molar-refractivity contribution in [3.63, 3.8) is 0 Å². The Labute approximate surface area is 108 Å². The van der Waals surface area contributed by atoms with E-state index in [1.165, 1.54) is 0 Å². The minimum absolute atomic E-state index is 0.650. The van der Waals surface area contributed by atoms with Crippen molar-refractivity contribution >= 4 is 28.4 Å². The minimum atomic E-state index is 0.650. The maximum atomic E-state index is 4.44. The zero-order valence-corrected chi connectivity index (χ0v) is 11.0. The molecule has 0 aromatic carbocycles. The molecule has 2 aromatic heterocycles. The van der Waals surface area contributed by atoms with Crippen molar-refractivity contribution in [2.75, 3.05) is 11.9 Å². The van der Waals surface area contributed by atoms with E-state index in [0.717, 1.165) is 21.6 Å². The lowest BCUT2D eigenvalue weighted by atomic mass is 10.3. The highest BCUT2D eigenvalue weighted by Crippen LogP contribution is 2.18. The molecular formula is C11H11IN4. The number of nitrogens with zero attached hydrogens (tertiary/aromatic N) is 3. The molecule has 1 N–H and O–H groups in total.